The number of hydrogen-bond acceptors (Lipinski definition) is 6. The third kappa shape index (κ3) is 3.56. The minimum Gasteiger partial charge on any atom is -0.466 e. The number of fused-ring (bicyclic) bond motifs is 2. The van der Waals surface area contributed by atoms with E-state index in [-0.39, 0.29) is 19.2 Å². The molecule has 0 saturated carbocycles. The number of rotatable bonds is 7. The van der Waals surface area contributed by atoms with Crippen molar-refractivity contribution in [3.63, 3.8) is 0 Å². The standard InChI is InChI=1S/C23H26FN3O5/c1-13(29)32-11-5-6-14-15-8-9-16(24)19(21(15)26(2)22(14)23(30)31-3)20-17(12-28)25-27-10-4-7-18(20)27/h8-9,28H,4-7,10-12H2,1-3H3. The summed E-state index contributed by atoms with van der Waals surface area (Å²) in [4.78, 5) is 23.8. The van der Waals surface area contributed by atoms with Gasteiger partial charge in [0.05, 0.1) is 31.5 Å². The molecule has 0 fully saturated rings. The van der Waals surface area contributed by atoms with E-state index in [0.29, 0.717) is 51.8 Å². The van der Waals surface area contributed by atoms with Gasteiger partial charge in [-0.2, -0.15) is 5.10 Å². The predicted molar refractivity (Wildman–Crippen MR) is 115 cm³/mol. The maximum absolute atomic E-state index is 15.4. The average Bonchev–Trinajstić information content (AvgIpc) is 3.43. The first-order valence-corrected chi connectivity index (χ1v) is 10.6. The minimum atomic E-state index is -0.528. The van der Waals surface area contributed by atoms with Crippen LogP contribution in [0.5, 0.6) is 0 Å². The molecule has 2 aromatic heterocycles. The van der Waals surface area contributed by atoms with Crippen LogP contribution in [0.25, 0.3) is 22.0 Å². The summed E-state index contributed by atoms with van der Waals surface area (Å²) in [7, 11) is 3.01. The molecule has 0 atom stereocenters. The Morgan fingerprint density at radius 1 is 1.28 bits per heavy atom. The Morgan fingerprint density at radius 2 is 2.06 bits per heavy atom. The highest BCUT2D eigenvalue weighted by atomic mass is 19.1. The maximum Gasteiger partial charge on any atom is 0.354 e. The second kappa shape index (κ2) is 8.74. The van der Waals surface area contributed by atoms with Crippen molar-refractivity contribution in [1.29, 1.82) is 0 Å². The van der Waals surface area contributed by atoms with Crippen LogP contribution in [-0.4, -0.2) is 45.1 Å². The lowest BCUT2D eigenvalue weighted by atomic mass is 9.96. The Bertz CT molecular complexity index is 1210. The molecule has 1 aromatic carbocycles. The number of nitrogens with zero attached hydrogens (tertiary/aromatic N) is 3. The second-order valence-corrected chi connectivity index (χ2v) is 7.89. The number of carbonyl (C=O) groups excluding carboxylic acids is 2. The van der Waals surface area contributed by atoms with Gasteiger partial charge in [0.1, 0.15) is 11.5 Å². The van der Waals surface area contributed by atoms with E-state index in [1.54, 1.807) is 17.7 Å². The lowest BCUT2D eigenvalue weighted by Crippen LogP contribution is -2.11. The van der Waals surface area contributed by atoms with E-state index in [2.05, 4.69) is 5.10 Å². The largest absolute Gasteiger partial charge is 0.466 e. The fourth-order valence-electron chi connectivity index (χ4n) is 4.70. The first kappa shape index (κ1) is 22.0. The molecule has 8 nitrogen and oxygen atoms in total. The quantitative estimate of drug-likeness (QED) is 0.446. The highest BCUT2D eigenvalue weighted by Crippen LogP contribution is 2.41. The van der Waals surface area contributed by atoms with Crippen LogP contribution < -0.4 is 0 Å². The van der Waals surface area contributed by atoms with Crippen molar-refractivity contribution in [2.45, 2.75) is 45.8 Å². The van der Waals surface area contributed by atoms with Crippen molar-refractivity contribution in [2.75, 3.05) is 13.7 Å². The van der Waals surface area contributed by atoms with E-state index in [1.165, 1.54) is 20.1 Å². The van der Waals surface area contributed by atoms with Crippen LogP contribution in [0.4, 0.5) is 4.39 Å². The van der Waals surface area contributed by atoms with E-state index in [0.717, 1.165) is 25.1 Å². The average molecular weight is 443 g/mol. The van der Waals surface area contributed by atoms with E-state index in [4.69, 9.17) is 9.47 Å². The lowest BCUT2D eigenvalue weighted by molar-refractivity contribution is -0.141. The summed E-state index contributed by atoms with van der Waals surface area (Å²) in [6, 6.07) is 3.04. The highest BCUT2D eigenvalue weighted by molar-refractivity contribution is 6.05. The van der Waals surface area contributed by atoms with Crippen LogP contribution in [-0.2, 0) is 47.3 Å². The van der Waals surface area contributed by atoms with Gasteiger partial charge >= 0.3 is 11.9 Å². The summed E-state index contributed by atoms with van der Waals surface area (Å²) in [6.45, 7) is 1.97. The fourth-order valence-corrected chi connectivity index (χ4v) is 4.70. The Balaban J connectivity index is 1.94. The van der Waals surface area contributed by atoms with Gasteiger partial charge in [-0.15, -0.1) is 0 Å². The van der Waals surface area contributed by atoms with E-state index in [9.17, 15) is 14.7 Å². The van der Waals surface area contributed by atoms with Crippen LogP contribution in [0.1, 0.15) is 47.2 Å². The molecule has 0 radical (unpaired) electrons. The number of aryl methyl sites for hydroxylation is 3. The van der Waals surface area contributed by atoms with Crippen LogP contribution in [0, 0.1) is 5.82 Å². The van der Waals surface area contributed by atoms with Crippen LogP contribution in [0.15, 0.2) is 12.1 Å². The van der Waals surface area contributed by atoms with Crippen LogP contribution >= 0.6 is 0 Å². The van der Waals surface area contributed by atoms with Gasteiger partial charge in [-0.25, -0.2) is 9.18 Å². The summed E-state index contributed by atoms with van der Waals surface area (Å²) in [6.07, 6.45) is 2.59. The Labute approximate surface area is 184 Å². The van der Waals surface area contributed by atoms with E-state index >= 15 is 4.39 Å². The summed E-state index contributed by atoms with van der Waals surface area (Å²) in [5, 5.41) is 15.1. The molecule has 0 unspecified atom stereocenters. The Hall–Kier alpha value is -3.20. The fraction of sp³-hybridized carbons (Fsp3) is 0.435. The zero-order chi connectivity index (χ0) is 23.0. The summed E-state index contributed by atoms with van der Waals surface area (Å²) in [5.41, 5.74) is 3.81. The molecular weight excluding hydrogens is 417 g/mol. The van der Waals surface area contributed by atoms with Gasteiger partial charge in [-0.3, -0.25) is 9.48 Å². The van der Waals surface area contributed by atoms with Gasteiger partial charge in [0.2, 0.25) is 0 Å². The van der Waals surface area contributed by atoms with Gasteiger partial charge in [0.25, 0.3) is 0 Å². The molecule has 1 aliphatic heterocycles. The third-order valence-corrected chi connectivity index (χ3v) is 5.98. The van der Waals surface area contributed by atoms with Crippen LogP contribution in [0.3, 0.4) is 0 Å². The van der Waals surface area contributed by atoms with Gasteiger partial charge in [0.15, 0.2) is 0 Å². The zero-order valence-electron chi connectivity index (χ0n) is 18.4. The summed E-state index contributed by atoms with van der Waals surface area (Å²) >= 11 is 0. The molecule has 170 valence electrons. The molecular formula is C23H26FN3O5. The van der Waals surface area contributed by atoms with Crippen molar-refractivity contribution >= 4 is 22.8 Å². The molecule has 32 heavy (non-hydrogen) atoms. The lowest BCUT2D eigenvalue weighted by Gasteiger charge is -2.10. The number of hydrogen-bond donors (Lipinski definition) is 1. The Kier molecular flexibility index (Phi) is 6.01. The van der Waals surface area contributed by atoms with Crippen molar-refractivity contribution in [3.05, 3.63) is 40.6 Å². The highest BCUT2D eigenvalue weighted by Gasteiger charge is 2.30. The summed E-state index contributed by atoms with van der Waals surface area (Å²) in [5.74, 6) is -1.34. The smallest absolute Gasteiger partial charge is 0.354 e. The molecule has 3 aromatic rings. The SMILES string of the molecule is COC(=O)c1c(CCCOC(C)=O)c2ccc(F)c(-c3c(CO)nn4c3CCC4)c2n1C. The number of esters is 2. The van der Waals surface area contributed by atoms with Crippen molar-refractivity contribution < 1.29 is 28.6 Å². The molecule has 0 bridgehead atoms. The topological polar surface area (TPSA) is 95.6 Å². The van der Waals surface area contributed by atoms with E-state index in [1.807, 2.05) is 4.68 Å². The van der Waals surface area contributed by atoms with Gasteiger partial charge in [-0.05, 0) is 43.4 Å². The monoisotopic (exact) mass is 443 g/mol. The molecule has 0 aliphatic carbocycles. The molecule has 0 spiro atoms. The first-order chi connectivity index (χ1) is 15.4. The van der Waals surface area contributed by atoms with Crippen molar-refractivity contribution in [1.82, 2.24) is 14.3 Å². The predicted octanol–water partition coefficient (Wildman–Crippen LogP) is 2.90. The molecule has 1 aliphatic rings. The molecule has 0 saturated heterocycles. The van der Waals surface area contributed by atoms with Crippen molar-refractivity contribution in [3.8, 4) is 11.1 Å². The number of aromatic nitrogens is 3. The number of carbonyl (C=O) groups is 2. The number of methoxy groups -OCH3 is 1. The molecule has 4 rings (SSSR count). The molecule has 9 heteroatoms. The number of ether oxygens (including phenoxy) is 2. The van der Waals surface area contributed by atoms with E-state index < -0.39 is 11.8 Å². The van der Waals surface area contributed by atoms with Crippen molar-refractivity contribution in [2.24, 2.45) is 7.05 Å². The number of benzene rings is 1. The number of aliphatic hydroxyl groups is 1. The third-order valence-electron chi connectivity index (χ3n) is 5.98. The first-order valence-electron chi connectivity index (χ1n) is 10.6. The van der Waals surface area contributed by atoms with Gasteiger partial charge in [0, 0.05) is 42.7 Å². The Morgan fingerprint density at radius 3 is 2.75 bits per heavy atom. The molecule has 0 amide bonds. The number of halogens is 1. The number of aliphatic hydroxyl groups excluding tert-OH is 1. The molecule has 1 N–H and O–H groups in total. The van der Waals surface area contributed by atoms with Gasteiger partial charge < -0.3 is 19.1 Å². The zero-order valence-corrected chi connectivity index (χ0v) is 18.4. The minimum absolute atomic E-state index is 0.214. The summed E-state index contributed by atoms with van der Waals surface area (Å²) < 4.78 is 28.9. The maximum atomic E-state index is 15.4. The van der Waals surface area contributed by atoms with Gasteiger partial charge in [-0.1, -0.05) is 0 Å². The van der Waals surface area contributed by atoms with Crippen LogP contribution in [0.2, 0.25) is 0 Å². The second-order valence-electron chi connectivity index (χ2n) is 7.89. The molecule has 3 heterocycles. The normalized spacial score (nSPS) is 12.9.